The largest absolute Gasteiger partial charge is 0.401 e. The van der Waals surface area contributed by atoms with Crippen LogP contribution >= 0.6 is 0 Å². The number of halogens is 3. The zero-order chi connectivity index (χ0) is 14.8. The number of hydrogen-bond acceptors (Lipinski definition) is 2. The van der Waals surface area contributed by atoms with Gasteiger partial charge in [-0.3, -0.25) is 4.79 Å². The molecule has 1 heterocycles. The highest BCUT2D eigenvalue weighted by Crippen LogP contribution is 2.38. The lowest BCUT2D eigenvalue weighted by atomic mass is 9.72. The molecule has 3 unspecified atom stereocenters. The van der Waals surface area contributed by atoms with Crippen LogP contribution in [0.5, 0.6) is 0 Å². The fraction of sp³-hybridized carbons (Fsp3) is 0.929. The number of likely N-dealkylation sites (tertiary alicyclic amines) is 1. The molecule has 0 aromatic rings. The van der Waals surface area contributed by atoms with E-state index in [9.17, 15) is 18.0 Å². The van der Waals surface area contributed by atoms with E-state index < -0.39 is 12.7 Å². The maximum absolute atomic E-state index is 12.1. The van der Waals surface area contributed by atoms with Crippen molar-refractivity contribution in [2.45, 2.75) is 51.2 Å². The third kappa shape index (κ3) is 3.87. The van der Waals surface area contributed by atoms with Crippen molar-refractivity contribution >= 4 is 5.91 Å². The van der Waals surface area contributed by atoms with E-state index >= 15 is 0 Å². The molecule has 1 N–H and O–H groups in total. The molecule has 1 aliphatic carbocycles. The number of rotatable bonds is 3. The van der Waals surface area contributed by atoms with Gasteiger partial charge in [0.05, 0.1) is 13.1 Å². The summed E-state index contributed by atoms with van der Waals surface area (Å²) >= 11 is 0. The Labute approximate surface area is 117 Å². The summed E-state index contributed by atoms with van der Waals surface area (Å²) in [5.74, 6) is 0.967. The summed E-state index contributed by atoms with van der Waals surface area (Å²) in [7, 11) is 0. The molecular formula is C14H23F3N2O. The van der Waals surface area contributed by atoms with Crippen LogP contribution in [0.3, 0.4) is 0 Å². The molecule has 20 heavy (non-hydrogen) atoms. The Bertz CT molecular complexity index is 346. The number of hydrogen-bond donors (Lipinski definition) is 1. The maximum Gasteiger partial charge on any atom is 0.401 e. The summed E-state index contributed by atoms with van der Waals surface area (Å²) in [6.07, 6.45) is 1.18. The number of alkyl halides is 3. The van der Waals surface area contributed by atoms with Gasteiger partial charge in [0.15, 0.2) is 0 Å². The Morgan fingerprint density at radius 2 is 1.95 bits per heavy atom. The molecule has 116 valence electrons. The fourth-order valence-corrected chi connectivity index (χ4v) is 3.64. The predicted molar refractivity (Wildman–Crippen MR) is 70.2 cm³/mol. The van der Waals surface area contributed by atoms with Crippen molar-refractivity contribution in [2.24, 2.45) is 11.8 Å². The summed E-state index contributed by atoms with van der Waals surface area (Å²) in [5, 5.41) is 2.21. The van der Waals surface area contributed by atoms with E-state index in [1.807, 2.05) is 4.90 Å². The van der Waals surface area contributed by atoms with Gasteiger partial charge in [-0.25, -0.2) is 0 Å². The molecule has 3 nitrogen and oxygen atoms in total. The first-order valence-corrected chi connectivity index (χ1v) is 7.45. The van der Waals surface area contributed by atoms with Gasteiger partial charge in [-0.2, -0.15) is 13.2 Å². The minimum Gasteiger partial charge on any atom is -0.338 e. The number of carbonyl (C=O) groups is 1. The molecule has 6 heteroatoms. The van der Waals surface area contributed by atoms with Crippen molar-refractivity contribution < 1.29 is 18.0 Å². The summed E-state index contributed by atoms with van der Waals surface area (Å²) in [5.41, 5.74) is 0. The maximum atomic E-state index is 12.1. The molecule has 1 aliphatic heterocycles. The second-order valence-corrected chi connectivity index (χ2v) is 6.09. The Morgan fingerprint density at radius 3 is 2.65 bits per heavy atom. The summed E-state index contributed by atoms with van der Waals surface area (Å²) in [6.45, 7) is 1.61. The third-order valence-electron chi connectivity index (χ3n) is 4.66. The Morgan fingerprint density at radius 1 is 1.25 bits per heavy atom. The van der Waals surface area contributed by atoms with Gasteiger partial charge < -0.3 is 10.2 Å². The average Bonchev–Trinajstić information content (AvgIpc) is 2.38. The van der Waals surface area contributed by atoms with Crippen LogP contribution in [0.25, 0.3) is 0 Å². The minimum absolute atomic E-state index is 0.182. The number of piperidine rings is 1. The molecule has 2 aliphatic rings. The molecule has 1 saturated heterocycles. The van der Waals surface area contributed by atoms with Gasteiger partial charge >= 0.3 is 6.18 Å². The molecule has 2 fully saturated rings. The van der Waals surface area contributed by atoms with Gasteiger partial charge in [-0.15, -0.1) is 0 Å². The zero-order valence-corrected chi connectivity index (χ0v) is 11.9. The summed E-state index contributed by atoms with van der Waals surface area (Å²) in [4.78, 5) is 14.0. The van der Waals surface area contributed by atoms with E-state index in [-0.39, 0.29) is 18.5 Å². The van der Waals surface area contributed by atoms with Crippen molar-refractivity contribution in [2.75, 3.05) is 19.6 Å². The van der Waals surface area contributed by atoms with Crippen LogP contribution in [-0.2, 0) is 4.79 Å². The van der Waals surface area contributed by atoms with Gasteiger partial charge in [0.25, 0.3) is 0 Å². The van der Waals surface area contributed by atoms with Crippen LogP contribution in [0.4, 0.5) is 13.2 Å². The molecule has 0 radical (unpaired) electrons. The molecule has 0 bridgehead atoms. The predicted octanol–water partition coefficient (Wildman–Crippen LogP) is 2.57. The first kappa shape index (κ1) is 15.6. The van der Waals surface area contributed by atoms with Gasteiger partial charge in [0.1, 0.15) is 0 Å². The summed E-state index contributed by atoms with van der Waals surface area (Å²) in [6, 6.07) is 0.243. The lowest BCUT2D eigenvalue weighted by molar-refractivity contribution is -0.140. The van der Waals surface area contributed by atoms with Crippen LogP contribution < -0.4 is 5.32 Å². The monoisotopic (exact) mass is 292 g/mol. The lowest BCUT2D eigenvalue weighted by Crippen LogP contribution is -2.54. The zero-order valence-electron chi connectivity index (χ0n) is 11.9. The molecule has 0 spiro atoms. The highest BCUT2D eigenvalue weighted by atomic mass is 19.4. The SMILES string of the molecule is CC1CCN(C(=O)CNCC(F)(F)F)C2CCCCC12. The van der Waals surface area contributed by atoms with E-state index in [0.29, 0.717) is 18.4 Å². The smallest absolute Gasteiger partial charge is 0.338 e. The highest BCUT2D eigenvalue weighted by molar-refractivity contribution is 5.78. The van der Waals surface area contributed by atoms with E-state index in [2.05, 4.69) is 12.2 Å². The quantitative estimate of drug-likeness (QED) is 0.867. The van der Waals surface area contributed by atoms with Crippen molar-refractivity contribution in [3.8, 4) is 0 Å². The molecule has 0 aromatic carbocycles. The second-order valence-electron chi connectivity index (χ2n) is 6.09. The molecular weight excluding hydrogens is 269 g/mol. The molecule has 3 atom stereocenters. The minimum atomic E-state index is -4.26. The van der Waals surface area contributed by atoms with Crippen LogP contribution in [0.1, 0.15) is 39.0 Å². The van der Waals surface area contributed by atoms with Crippen LogP contribution in [0.15, 0.2) is 0 Å². The topological polar surface area (TPSA) is 32.3 Å². The lowest BCUT2D eigenvalue weighted by Gasteiger charge is -2.47. The Hall–Kier alpha value is -0.780. The number of fused-ring (bicyclic) bond motifs is 1. The molecule has 0 aromatic heterocycles. The van der Waals surface area contributed by atoms with E-state index in [4.69, 9.17) is 0 Å². The van der Waals surface area contributed by atoms with Crippen LogP contribution in [0.2, 0.25) is 0 Å². The number of carbonyl (C=O) groups excluding carboxylic acids is 1. The average molecular weight is 292 g/mol. The van der Waals surface area contributed by atoms with E-state index in [1.54, 1.807) is 0 Å². The van der Waals surface area contributed by atoms with Gasteiger partial charge in [0.2, 0.25) is 5.91 Å². The van der Waals surface area contributed by atoms with Crippen LogP contribution in [0, 0.1) is 11.8 Å². The Kier molecular flexibility index (Phi) is 4.94. The summed E-state index contributed by atoms with van der Waals surface area (Å²) < 4.78 is 36.2. The normalized spacial score (nSPS) is 31.0. The van der Waals surface area contributed by atoms with Crippen molar-refractivity contribution in [3.63, 3.8) is 0 Å². The van der Waals surface area contributed by atoms with Crippen molar-refractivity contribution in [3.05, 3.63) is 0 Å². The van der Waals surface area contributed by atoms with Crippen molar-refractivity contribution in [1.29, 1.82) is 0 Å². The molecule has 1 amide bonds. The first-order valence-electron chi connectivity index (χ1n) is 7.45. The first-order chi connectivity index (χ1) is 9.38. The highest BCUT2D eigenvalue weighted by Gasteiger charge is 2.39. The second kappa shape index (κ2) is 6.33. The molecule has 1 saturated carbocycles. The standard InChI is InChI=1S/C14H23F3N2O/c1-10-6-7-19(12-5-3-2-4-11(10)12)13(20)8-18-9-14(15,16)17/h10-12,18H,2-9H2,1H3. The Balaban J connectivity index is 1.88. The van der Waals surface area contributed by atoms with E-state index in [0.717, 1.165) is 25.7 Å². The van der Waals surface area contributed by atoms with Crippen molar-refractivity contribution in [1.82, 2.24) is 10.2 Å². The van der Waals surface area contributed by atoms with Gasteiger partial charge in [0, 0.05) is 12.6 Å². The van der Waals surface area contributed by atoms with E-state index in [1.165, 1.54) is 6.42 Å². The van der Waals surface area contributed by atoms with Crippen LogP contribution in [-0.4, -0.2) is 42.7 Å². The number of amides is 1. The number of nitrogens with one attached hydrogen (secondary N) is 1. The fourth-order valence-electron chi connectivity index (χ4n) is 3.64. The third-order valence-corrected chi connectivity index (χ3v) is 4.66. The van der Waals surface area contributed by atoms with Gasteiger partial charge in [-0.05, 0) is 31.1 Å². The molecule has 2 rings (SSSR count). The van der Waals surface area contributed by atoms with Gasteiger partial charge in [-0.1, -0.05) is 19.8 Å². The number of nitrogens with zero attached hydrogens (tertiary/aromatic N) is 1.